The minimum atomic E-state index is -0.590. The lowest BCUT2D eigenvalue weighted by Gasteiger charge is -2.10. The number of aromatic nitrogens is 2. The van der Waals surface area contributed by atoms with Crippen LogP contribution in [0.1, 0.15) is 11.1 Å². The average molecular weight is 279 g/mol. The number of fused-ring (bicyclic) bond motifs is 1. The van der Waals surface area contributed by atoms with E-state index in [1.54, 1.807) is 36.4 Å². The highest BCUT2D eigenvalue weighted by Crippen LogP contribution is 2.15. The number of hydrogen-bond donors (Lipinski definition) is 0. The summed E-state index contributed by atoms with van der Waals surface area (Å²) in [5, 5.41) is 8.87. The summed E-state index contributed by atoms with van der Waals surface area (Å²) in [7, 11) is 0. The van der Waals surface area contributed by atoms with Crippen molar-refractivity contribution in [3.05, 3.63) is 76.0 Å². The Labute approximate surface area is 119 Å². The Morgan fingerprint density at radius 2 is 2.00 bits per heavy atom. The lowest BCUT2D eigenvalue weighted by atomic mass is 10.1. The summed E-state index contributed by atoms with van der Waals surface area (Å²) < 4.78 is 15.6. The number of nitrogens with zero attached hydrogens (tertiary/aromatic N) is 3. The van der Waals surface area contributed by atoms with Gasteiger partial charge in [-0.2, -0.15) is 5.26 Å². The van der Waals surface area contributed by atoms with E-state index in [4.69, 9.17) is 5.26 Å². The zero-order valence-corrected chi connectivity index (χ0v) is 11.0. The molecule has 0 N–H and O–H groups in total. The molecule has 0 saturated heterocycles. The van der Waals surface area contributed by atoms with Crippen LogP contribution in [-0.4, -0.2) is 9.55 Å². The number of nitriles is 1. The summed E-state index contributed by atoms with van der Waals surface area (Å²) in [6, 6.07) is 13.5. The molecular formula is C16H10FN3O. The molecule has 1 aromatic heterocycles. The highest BCUT2D eigenvalue weighted by molar-refractivity contribution is 5.74. The lowest BCUT2D eigenvalue weighted by molar-refractivity contribution is 0.595. The summed E-state index contributed by atoms with van der Waals surface area (Å²) in [6.07, 6.45) is 1.22. The molecule has 0 radical (unpaired) electrons. The quantitative estimate of drug-likeness (QED) is 0.724. The summed E-state index contributed by atoms with van der Waals surface area (Å²) in [5.74, 6) is -0.590. The molecular weight excluding hydrogens is 269 g/mol. The summed E-state index contributed by atoms with van der Waals surface area (Å²) in [5.41, 5.74) is 1.25. The molecule has 3 rings (SSSR count). The third-order valence-corrected chi connectivity index (χ3v) is 3.28. The fraction of sp³-hybridized carbons (Fsp3) is 0.0625. The minimum absolute atomic E-state index is 0.0288. The first-order valence-electron chi connectivity index (χ1n) is 6.33. The summed E-state index contributed by atoms with van der Waals surface area (Å²) in [6.45, 7) is 0.0587. The molecule has 0 unspecified atom stereocenters. The van der Waals surface area contributed by atoms with Gasteiger partial charge in [0.2, 0.25) is 0 Å². The van der Waals surface area contributed by atoms with Gasteiger partial charge < -0.3 is 4.57 Å². The fourth-order valence-corrected chi connectivity index (χ4v) is 2.24. The predicted octanol–water partition coefficient (Wildman–Crippen LogP) is 2.46. The maximum Gasteiger partial charge on any atom is 0.269 e. The van der Waals surface area contributed by atoms with Gasteiger partial charge in [-0.15, -0.1) is 0 Å². The van der Waals surface area contributed by atoms with Gasteiger partial charge in [-0.3, -0.25) is 4.79 Å². The Hall–Kier alpha value is -3.00. The number of halogens is 1. The van der Waals surface area contributed by atoms with Crippen LogP contribution in [-0.2, 0) is 6.54 Å². The molecule has 1 heterocycles. The maximum absolute atomic E-state index is 14.1. The maximum atomic E-state index is 14.1. The van der Waals surface area contributed by atoms with Gasteiger partial charge in [0.15, 0.2) is 0 Å². The lowest BCUT2D eigenvalue weighted by Crippen LogP contribution is -2.21. The molecule has 0 fully saturated rings. The van der Waals surface area contributed by atoms with Gasteiger partial charge in [-0.05, 0) is 18.2 Å². The van der Waals surface area contributed by atoms with Crippen molar-refractivity contribution in [2.45, 2.75) is 6.54 Å². The molecule has 0 aliphatic heterocycles. The Morgan fingerprint density at radius 3 is 2.81 bits per heavy atom. The molecule has 5 heteroatoms. The molecule has 0 bridgehead atoms. The number of rotatable bonds is 2. The molecule has 0 spiro atoms. The SMILES string of the molecule is N#Cc1cccc(Cn2c(=O)cnc3ccccc32)c1F. The van der Waals surface area contributed by atoms with Gasteiger partial charge >= 0.3 is 0 Å². The van der Waals surface area contributed by atoms with Gasteiger partial charge in [-0.25, -0.2) is 9.37 Å². The van der Waals surface area contributed by atoms with Gasteiger partial charge in [-0.1, -0.05) is 24.3 Å². The molecule has 4 nitrogen and oxygen atoms in total. The first kappa shape index (κ1) is 13.0. The highest BCUT2D eigenvalue weighted by atomic mass is 19.1. The van der Waals surface area contributed by atoms with Crippen LogP contribution in [0.2, 0.25) is 0 Å². The first-order chi connectivity index (χ1) is 10.2. The predicted molar refractivity (Wildman–Crippen MR) is 76.2 cm³/mol. The van der Waals surface area contributed by atoms with Crippen LogP contribution in [0.15, 0.2) is 53.5 Å². The van der Waals surface area contributed by atoms with Crippen LogP contribution in [0, 0.1) is 17.1 Å². The monoisotopic (exact) mass is 279 g/mol. The van der Waals surface area contributed by atoms with Crippen LogP contribution < -0.4 is 5.56 Å². The van der Waals surface area contributed by atoms with Gasteiger partial charge in [0.05, 0.1) is 29.3 Å². The smallest absolute Gasteiger partial charge is 0.269 e. The molecule has 0 atom stereocenters. The van der Waals surface area contributed by atoms with E-state index in [9.17, 15) is 9.18 Å². The second kappa shape index (κ2) is 5.17. The normalized spacial score (nSPS) is 10.5. The van der Waals surface area contributed by atoms with E-state index in [1.165, 1.54) is 16.8 Å². The van der Waals surface area contributed by atoms with E-state index in [1.807, 2.05) is 6.07 Å². The molecule has 3 aromatic rings. The standard InChI is InChI=1S/C16H10FN3O/c17-16-11(8-18)4-3-5-12(16)10-20-14-7-2-1-6-13(14)19-9-15(20)21/h1-7,9H,10H2. The number of benzene rings is 2. The van der Waals surface area contributed by atoms with Crippen LogP contribution in [0.25, 0.3) is 11.0 Å². The van der Waals surface area contributed by atoms with E-state index in [0.29, 0.717) is 16.6 Å². The largest absolute Gasteiger partial charge is 0.301 e. The van der Waals surface area contributed by atoms with Gasteiger partial charge in [0.25, 0.3) is 5.56 Å². The molecule has 0 aliphatic carbocycles. The van der Waals surface area contributed by atoms with Crippen molar-refractivity contribution in [1.82, 2.24) is 9.55 Å². The van der Waals surface area contributed by atoms with Crippen LogP contribution in [0.3, 0.4) is 0 Å². The molecule has 0 saturated carbocycles. The Kier molecular flexibility index (Phi) is 3.20. The van der Waals surface area contributed by atoms with Gasteiger partial charge in [0, 0.05) is 5.56 Å². The van der Waals surface area contributed by atoms with Crippen molar-refractivity contribution in [2.24, 2.45) is 0 Å². The molecule has 0 aliphatic rings. The van der Waals surface area contributed by atoms with Crippen molar-refractivity contribution >= 4 is 11.0 Å². The summed E-state index contributed by atoms with van der Waals surface area (Å²) in [4.78, 5) is 16.1. The zero-order chi connectivity index (χ0) is 14.8. The highest BCUT2D eigenvalue weighted by Gasteiger charge is 2.10. The molecule has 2 aromatic carbocycles. The van der Waals surface area contributed by atoms with Gasteiger partial charge in [0.1, 0.15) is 11.9 Å². The van der Waals surface area contributed by atoms with Crippen LogP contribution >= 0.6 is 0 Å². The number of hydrogen-bond acceptors (Lipinski definition) is 3. The Morgan fingerprint density at radius 1 is 1.19 bits per heavy atom. The topological polar surface area (TPSA) is 58.7 Å². The van der Waals surface area contributed by atoms with Crippen molar-refractivity contribution in [3.8, 4) is 6.07 Å². The van der Waals surface area contributed by atoms with E-state index in [2.05, 4.69) is 4.98 Å². The fourth-order valence-electron chi connectivity index (χ4n) is 2.24. The Bertz CT molecular complexity index is 925. The van der Waals surface area contributed by atoms with E-state index >= 15 is 0 Å². The van der Waals surface area contributed by atoms with Crippen LogP contribution in [0.4, 0.5) is 4.39 Å². The van der Waals surface area contributed by atoms with Crippen molar-refractivity contribution in [2.75, 3.05) is 0 Å². The first-order valence-corrected chi connectivity index (χ1v) is 6.33. The number of para-hydroxylation sites is 2. The van der Waals surface area contributed by atoms with E-state index in [0.717, 1.165) is 0 Å². The zero-order valence-electron chi connectivity index (χ0n) is 11.0. The van der Waals surface area contributed by atoms with Crippen LogP contribution in [0.5, 0.6) is 0 Å². The van der Waals surface area contributed by atoms with E-state index in [-0.39, 0.29) is 17.7 Å². The molecule has 102 valence electrons. The second-order valence-corrected chi connectivity index (χ2v) is 4.56. The van der Waals surface area contributed by atoms with Crippen molar-refractivity contribution in [1.29, 1.82) is 5.26 Å². The molecule has 0 amide bonds. The average Bonchev–Trinajstić information content (AvgIpc) is 2.52. The molecule has 21 heavy (non-hydrogen) atoms. The third-order valence-electron chi connectivity index (χ3n) is 3.28. The Balaban J connectivity index is 2.17. The van der Waals surface area contributed by atoms with Crippen molar-refractivity contribution < 1.29 is 4.39 Å². The summed E-state index contributed by atoms with van der Waals surface area (Å²) >= 11 is 0. The van der Waals surface area contributed by atoms with E-state index < -0.39 is 5.82 Å². The third kappa shape index (κ3) is 2.28. The van der Waals surface area contributed by atoms with Crippen molar-refractivity contribution in [3.63, 3.8) is 0 Å². The second-order valence-electron chi connectivity index (χ2n) is 4.56. The minimum Gasteiger partial charge on any atom is -0.301 e.